The summed E-state index contributed by atoms with van der Waals surface area (Å²) in [4.78, 5) is 11.4. The van der Waals surface area contributed by atoms with Crippen LogP contribution in [0.3, 0.4) is 0 Å². The van der Waals surface area contributed by atoms with Gasteiger partial charge in [-0.25, -0.2) is 9.97 Å². The van der Waals surface area contributed by atoms with Gasteiger partial charge in [-0.1, -0.05) is 13.8 Å². The molecule has 5 heteroatoms. The summed E-state index contributed by atoms with van der Waals surface area (Å²) in [5, 5.41) is 3.31. The first-order chi connectivity index (χ1) is 9.49. The molecule has 0 atom stereocenters. The van der Waals surface area contributed by atoms with Gasteiger partial charge in [-0.05, 0) is 26.7 Å². The molecule has 0 aliphatic rings. The first kappa shape index (κ1) is 16.7. The molecule has 1 aromatic rings. The molecule has 0 unspecified atom stereocenters. The zero-order valence-corrected chi connectivity index (χ0v) is 13.7. The number of ether oxygens (including phenoxy) is 1. The summed E-state index contributed by atoms with van der Waals surface area (Å²) in [5.41, 5.74) is 1.11. The average molecular weight is 280 g/mol. The SMILES string of the molecule is CCNc1nc(C)nc(N(CCOC)CC(C)C)c1C. The molecule has 0 saturated heterocycles. The summed E-state index contributed by atoms with van der Waals surface area (Å²) in [6.07, 6.45) is 0. The maximum Gasteiger partial charge on any atom is 0.137 e. The van der Waals surface area contributed by atoms with Crippen molar-refractivity contribution in [2.24, 2.45) is 5.92 Å². The van der Waals surface area contributed by atoms with Gasteiger partial charge in [-0.2, -0.15) is 0 Å². The van der Waals surface area contributed by atoms with E-state index in [0.717, 1.165) is 42.7 Å². The fourth-order valence-corrected chi connectivity index (χ4v) is 2.19. The molecule has 0 bridgehead atoms. The normalized spacial score (nSPS) is 10.9. The van der Waals surface area contributed by atoms with E-state index >= 15 is 0 Å². The van der Waals surface area contributed by atoms with E-state index in [-0.39, 0.29) is 0 Å². The van der Waals surface area contributed by atoms with E-state index in [0.29, 0.717) is 12.5 Å². The molecule has 1 aromatic heterocycles. The predicted molar refractivity (Wildman–Crippen MR) is 84.6 cm³/mol. The molecule has 1 N–H and O–H groups in total. The van der Waals surface area contributed by atoms with Gasteiger partial charge >= 0.3 is 0 Å². The van der Waals surface area contributed by atoms with Crippen LogP contribution in [0.4, 0.5) is 11.6 Å². The molecule has 0 radical (unpaired) electrons. The van der Waals surface area contributed by atoms with Crippen molar-refractivity contribution in [1.82, 2.24) is 9.97 Å². The van der Waals surface area contributed by atoms with Gasteiger partial charge in [0.1, 0.15) is 17.5 Å². The van der Waals surface area contributed by atoms with E-state index in [1.807, 2.05) is 6.92 Å². The first-order valence-electron chi connectivity index (χ1n) is 7.32. The molecule has 0 fully saturated rings. The van der Waals surface area contributed by atoms with Gasteiger partial charge in [-0.3, -0.25) is 0 Å². The monoisotopic (exact) mass is 280 g/mol. The molecular weight excluding hydrogens is 252 g/mol. The van der Waals surface area contributed by atoms with Gasteiger partial charge in [0.05, 0.1) is 6.61 Å². The summed E-state index contributed by atoms with van der Waals surface area (Å²) >= 11 is 0. The third-order valence-corrected chi connectivity index (χ3v) is 3.03. The van der Waals surface area contributed by atoms with Crippen LogP contribution in [0.15, 0.2) is 0 Å². The van der Waals surface area contributed by atoms with Crippen LogP contribution in [-0.4, -0.2) is 43.3 Å². The van der Waals surface area contributed by atoms with Crippen LogP contribution in [-0.2, 0) is 4.74 Å². The lowest BCUT2D eigenvalue weighted by Crippen LogP contribution is -2.32. The fourth-order valence-electron chi connectivity index (χ4n) is 2.19. The highest BCUT2D eigenvalue weighted by Gasteiger charge is 2.16. The van der Waals surface area contributed by atoms with Crippen molar-refractivity contribution >= 4 is 11.6 Å². The maximum absolute atomic E-state index is 5.22. The third-order valence-electron chi connectivity index (χ3n) is 3.03. The largest absolute Gasteiger partial charge is 0.383 e. The van der Waals surface area contributed by atoms with Gasteiger partial charge in [0.15, 0.2) is 0 Å². The van der Waals surface area contributed by atoms with Crippen molar-refractivity contribution in [2.45, 2.75) is 34.6 Å². The Bertz CT molecular complexity index is 421. The van der Waals surface area contributed by atoms with E-state index in [1.165, 1.54) is 0 Å². The Balaban J connectivity index is 3.10. The van der Waals surface area contributed by atoms with E-state index in [1.54, 1.807) is 7.11 Å². The van der Waals surface area contributed by atoms with Crippen LogP contribution in [0.1, 0.15) is 32.2 Å². The molecule has 1 rings (SSSR count). The minimum atomic E-state index is 0.573. The number of aromatic nitrogens is 2. The molecule has 0 saturated carbocycles. The average Bonchev–Trinajstić information content (AvgIpc) is 2.38. The van der Waals surface area contributed by atoms with E-state index < -0.39 is 0 Å². The van der Waals surface area contributed by atoms with Gasteiger partial charge in [0.2, 0.25) is 0 Å². The Hall–Kier alpha value is -1.36. The highest BCUT2D eigenvalue weighted by molar-refractivity contribution is 5.58. The highest BCUT2D eigenvalue weighted by atomic mass is 16.5. The summed E-state index contributed by atoms with van der Waals surface area (Å²) in [7, 11) is 1.73. The Morgan fingerprint density at radius 1 is 1.25 bits per heavy atom. The molecule has 0 amide bonds. The molecule has 114 valence electrons. The number of hydrogen-bond acceptors (Lipinski definition) is 5. The van der Waals surface area contributed by atoms with E-state index in [2.05, 4.69) is 47.9 Å². The van der Waals surface area contributed by atoms with Crippen molar-refractivity contribution in [1.29, 1.82) is 0 Å². The first-order valence-corrected chi connectivity index (χ1v) is 7.32. The predicted octanol–water partition coefficient (Wildman–Crippen LogP) is 2.63. The number of nitrogens with one attached hydrogen (secondary N) is 1. The molecule has 0 spiro atoms. The quantitative estimate of drug-likeness (QED) is 0.793. The van der Waals surface area contributed by atoms with Crippen LogP contribution in [0, 0.1) is 19.8 Å². The molecule has 0 aromatic carbocycles. The lowest BCUT2D eigenvalue weighted by Gasteiger charge is -2.27. The number of nitrogens with zero attached hydrogens (tertiary/aromatic N) is 3. The van der Waals surface area contributed by atoms with Crippen molar-refractivity contribution in [2.75, 3.05) is 43.6 Å². The molecule has 20 heavy (non-hydrogen) atoms. The molecule has 1 heterocycles. The lowest BCUT2D eigenvalue weighted by molar-refractivity contribution is 0.204. The maximum atomic E-state index is 5.22. The minimum absolute atomic E-state index is 0.573. The summed E-state index contributed by atoms with van der Waals surface area (Å²) in [6.45, 7) is 13.9. The molecule has 0 aliphatic carbocycles. The van der Waals surface area contributed by atoms with Crippen molar-refractivity contribution in [3.63, 3.8) is 0 Å². The van der Waals surface area contributed by atoms with Crippen molar-refractivity contribution in [3.05, 3.63) is 11.4 Å². The summed E-state index contributed by atoms with van der Waals surface area (Å²) in [5.74, 6) is 3.32. The second kappa shape index (κ2) is 8.04. The third kappa shape index (κ3) is 4.63. The number of rotatable bonds is 8. The van der Waals surface area contributed by atoms with Crippen LogP contribution in [0.25, 0.3) is 0 Å². The van der Waals surface area contributed by atoms with Crippen molar-refractivity contribution in [3.8, 4) is 0 Å². The van der Waals surface area contributed by atoms with E-state index in [9.17, 15) is 0 Å². The highest BCUT2D eigenvalue weighted by Crippen LogP contribution is 2.24. The van der Waals surface area contributed by atoms with Gasteiger partial charge in [-0.15, -0.1) is 0 Å². The standard InChI is InChI=1S/C15H28N4O/c1-7-16-14-12(4)15(18-13(5)17-14)19(8-9-20-6)10-11(2)3/h11H,7-10H2,1-6H3,(H,16,17,18). The smallest absolute Gasteiger partial charge is 0.137 e. The Labute approximate surface area is 122 Å². The Kier molecular flexibility index (Phi) is 6.71. The van der Waals surface area contributed by atoms with Gasteiger partial charge in [0.25, 0.3) is 0 Å². The summed E-state index contributed by atoms with van der Waals surface area (Å²) < 4.78 is 5.22. The van der Waals surface area contributed by atoms with Crippen LogP contribution >= 0.6 is 0 Å². The topological polar surface area (TPSA) is 50.3 Å². The Morgan fingerprint density at radius 2 is 1.95 bits per heavy atom. The number of anilines is 2. The molecule has 5 nitrogen and oxygen atoms in total. The minimum Gasteiger partial charge on any atom is -0.383 e. The fraction of sp³-hybridized carbons (Fsp3) is 0.733. The molecular formula is C15H28N4O. The zero-order chi connectivity index (χ0) is 15.1. The van der Waals surface area contributed by atoms with Crippen LogP contribution < -0.4 is 10.2 Å². The second-order valence-electron chi connectivity index (χ2n) is 5.43. The Morgan fingerprint density at radius 3 is 2.50 bits per heavy atom. The van der Waals surface area contributed by atoms with Crippen LogP contribution in [0.5, 0.6) is 0 Å². The number of methoxy groups -OCH3 is 1. The second-order valence-corrected chi connectivity index (χ2v) is 5.43. The zero-order valence-electron chi connectivity index (χ0n) is 13.7. The molecule has 0 aliphatic heterocycles. The van der Waals surface area contributed by atoms with Gasteiger partial charge in [0, 0.05) is 32.3 Å². The van der Waals surface area contributed by atoms with E-state index in [4.69, 9.17) is 4.74 Å². The lowest BCUT2D eigenvalue weighted by atomic mass is 10.2. The van der Waals surface area contributed by atoms with Crippen molar-refractivity contribution < 1.29 is 4.74 Å². The van der Waals surface area contributed by atoms with Crippen LogP contribution in [0.2, 0.25) is 0 Å². The number of hydrogen-bond donors (Lipinski definition) is 1. The number of aryl methyl sites for hydroxylation is 1. The summed E-state index contributed by atoms with van der Waals surface area (Å²) in [6, 6.07) is 0. The van der Waals surface area contributed by atoms with Gasteiger partial charge < -0.3 is 15.0 Å².